The van der Waals surface area contributed by atoms with Crippen LogP contribution in [0.2, 0.25) is 0 Å². The average molecular weight is 154 g/mol. The standard InChI is InChI=1S/C9H14O2/c1-2-3-4-8-5-6-11-9(10)7-8/h2,8H,1,3-7H2/t8-/m0/s1. The Bertz CT molecular complexity index is 152. The molecule has 1 atom stereocenters. The van der Waals surface area contributed by atoms with Gasteiger partial charge in [-0.2, -0.15) is 0 Å². The molecule has 0 N–H and O–H groups in total. The summed E-state index contributed by atoms with van der Waals surface area (Å²) < 4.78 is 4.82. The molecule has 0 radical (unpaired) electrons. The predicted molar refractivity (Wildman–Crippen MR) is 43.1 cm³/mol. The van der Waals surface area contributed by atoms with E-state index in [4.69, 9.17) is 4.74 Å². The van der Waals surface area contributed by atoms with E-state index in [0.29, 0.717) is 18.9 Å². The van der Waals surface area contributed by atoms with E-state index in [9.17, 15) is 4.79 Å². The molecule has 2 nitrogen and oxygen atoms in total. The van der Waals surface area contributed by atoms with Crippen LogP contribution in [0, 0.1) is 5.92 Å². The van der Waals surface area contributed by atoms with Gasteiger partial charge in [0, 0.05) is 6.42 Å². The molecule has 0 aliphatic carbocycles. The fourth-order valence-electron chi connectivity index (χ4n) is 1.34. The lowest BCUT2D eigenvalue weighted by Gasteiger charge is -2.20. The Morgan fingerprint density at radius 3 is 3.18 bits per heavy atom. The van der Waals surface area contributed by atoms with Gasteiger partial charge in [0.2, 0.25) is 0 Å². The Kier molecular flexibility index (Phi) is 3.14. The maximum absolute atomic E-state index is 10.8. The molecule has 1 aliphatic rings. The van der Waals surface area contributed by atoms with Crippen LogP contribution in [-0.4, -0.2) is 12.6 Å². The lowest BCUT2D eigenvalue weighted by Crippen LogP contribution is -2.20. The molecule has 0 spiro atoms. The molecular formula is C9H14O2. The Balaban J connectivity index is 2.22. The van der Waals surface area contributed by atoms with Crippen molar-refractivity contribution < 1.29 is 9.53 Å². The van der Waals surface area contributed by atoms with E-state index < -0.39 is 0 Å². The zero-order chi connectivity index (χ0) is 8.10. The van der Waals surface area contributed by atoms with Gasteiger partial charge >= 0.3 is 5.97 Å². The smallest absolute Gasteiger partial charge is 0.306 e. The van der Waals surface area contributed by atoms with Crippen LogP contribution >= 0.6 is 0 Å². The van der Waals surface area contributed by atoms with Crippen LogP contribution in [-0.2, 0) is 9.53 Å². The highest BCUT2D eigenvalue weighted by Crippen LogP contribution is 2.20. The summed E-state index contributed by atoms with van der Waals surface area (Å²) in [4.78, 5) is 10.8. The highest BCUT2D eigenvalue weighted by atomic mass is 16.5. The molecule has 1 rings (SSSR count). The van der Waals surface area contributed by atoms with E-state index in [-0.39, 0.29) is 5.97 Å². The van der Waals surface area contributed by atoms with Gasteiger partial charge in [0.25, 0.3) is 0 Å². The molecule has 0 aromatic carbocycles. The molecule has 1 saturated heterocycles. The van der Waals surface area contributed by atoms with Gasteiger partial charge in [0.05, 0.1) is 6.61 Å². The lowest BCUT2D eigenvalue weighted by atomic mass is 9.95. The van der Waals surface area contributed by atoms with Crippen LogP contribution in [0.5, 0.6) is 0 Å². The minimum atomic E-state index is -0.0367. The summed E-state index contributed by atoms with van der Waals surface area (Å²) >= 11 is 0. The van der Waals surface area contributed by atoms with E-state index in [1.165, 1.54) is 0 Å². The molecule has 0 amide bonds. The Morgan fingerprint density at radius 2 is 2.55 bits per heavy atom. The number of hydrogen-bond acceptors (Lipinski definition) is 2. The van der Waals surface area contributed by atoms with E-state index in [1.54, 1.807) is 0 Å². The van der Waals surface area contributed by atoms with Gasteiger partial charge in [-0.05, 0) is 25.2 Å². The molecule has 0 saturated carbocycles. The van der Waals surface area contributed by atoms with Gasteiger partial charge in [-0.25, -0.2) is 0 Å². The summed E-state index contributed by atoms with van der Waals surface area (Å²) in [5.74, 6) is 0.500. The average Bonchev–Trinajstić information content (AvgIpc) is 2.01. The van der Waals surface area contributed by atoms with Gasteiger partial charge in [-0.1, -0.05) is 6.08 Å². The van der Waals surface area contributed by atoms with Crippen molar-refractivity contribution in [2.45, 2.75) is 25.7 Å². The van der Waals surface area contributed by atoms with Gasteiger partial charge in [-0.3, -0.25) is 4.79 Å². The minimum Gasteiger partial charge on any atom is -0.466 e. The summed E-state index contributed by atoms with van der Waals surface area (Å²) in [7, 11) is 0. The van der Waals surface area contributed by atoms with Crippen molar-refractivity contribution in [3.63, 3.8) is 0 Å². The van der Waals surface area contributed by atoms with Gasteiger partial charge in [0.1, 0.15) is 0 Å². The number of rotatable bonds is 3. The third kappa shape index (κ3) is 2.74. The van der Waals surface area contributed by atoms with Crippen molar-refractivity contribution in [3.8, 4) is 0 Å². The van der Waals surface area contributed by atoms with Crippen LogP contribution in [0.3, 0.4) is 0 Å². The zero-order valence-corrected chi connectivity index (χ0v) is 6.71. The van der Waals surface area contributed by atoms with Crippen molar-refractivity contribution in [1.29, 1.82) is 0 Å². The van der Waals surface area contributed by atoms with Crippen molar-refractivity contribution in [2.75, 3.05) is 6.61 Å². The number of hydrogen-bond donors (Lipinski definition) is 0. The molecule has 62 valence electrons. The second kappa shape index (κ2) is 4.16. The summed E-state index contributed by atoms with van der Waals surface area (Å²) in [6.45, 7) is 4.26. The van der Waals surface area contributed by atoms with Crippen LogP contribution < -0.4 is 0 Å². The van der Waals surface area contributed by atoms with Gasteiger partial charge in [-0.15, -0.1) is 6.58 Å². The lowest BCUT2D eigenvalue weighted by molar-refractivity contribution is -0.149. The maximum atomic E-state index is 10.8. The van der Waals surface area contributed by atoms with E-state index in [0.717, 1.165) is 19.3 Å². The summed E-state index contributed by atoms with van der Waals surface area (Å²) in [5.41, 5.74) is 0. The van der Waals surface area contributed by atoms with E-state index in [1.807, 2.05) is 6.08 Å². The first kappa shape index (κ1) is 8.31. The van der Waals surface area contributed by atoms with Crippen molar-refractivity contribution in [2.24, 2.45) is 5.92 Å². The molecule has 0 aromatic heterocycles. The number of allylic oxidation sites excluding steroid dienone is 1. The normalized spacial score (nSPS) is 24.4. The van der Waals surface area contributed by atoms with Crippen molar-refractivity contribution in [3.05, 3.63) is 12.7 Å². The molecular weight excluding hydrogens is 140 g/mol. The first-order valence-electron chi connectivity index (χ1n) is 4.09. The fraction of sp³-hybridized carbons (Fsp3) is 0.667. The Morgan fingerprint density at radius 1 is 1.73 bits per heavy atom. The molecule has 1 fully saturated rings. The number of esters is 1. The molecule has 0 unspecified atom stereocenters. The summed E-state index contributed by atoms with van der Waals surface area (Å²) in [5, 5.41) is 0. The van der Waals surface area contributed by atoms with Crippen LogP contribution in [0.1, 0.15) is 25.7 Å². The molecule has 1 heterocycles. The second-order valence-corrected chi connectivity index (χ2v) is 2.95. The van der Waals surface area contributed by atoms with Gasteiger partial charge in [0.15, 0.2) is 0 Å². The van der Waals surface area contributed by atoms with Crippen molar-refractivity contribution in [1.82, 2.24) is 0 Å². The monoisotopic (exact) mass is 154 g/mol. The minimum absolute atomic E-state index is 0.0367. The van der Waals surface area contributed by atoms with Crippen LogP contribution in [0.4, 0.5) is 0 Å². The Hall–Kier alpha value is -0.790. The maximum Gasteiger partial charge on any atom is 0.306 e. The largest absolute Gasteiger partial charge is 0.466 e. The van der Waals surface area contributed by atoms with Gasteiger partial charge < -0.3 is 4.74 Å². The number of carbonyl (C=O) groups is 1. The van der Waals surface area contributed by atoms with E-state index >= 15 is 0 Å². The van der Waals surface area contributed by atoms with Crippen LogP contribution in [0.15, 0.2) is 12.7 Å². The third-order valence-electron chi connectivity index (χ3n) is 2.02. The predicted octanol–water partition coefficient (Wildman–Crippen LogP) is 1.91. The number of cyclic esters (lactones) is 1. The van der Waals surface area contributed by atoms with E-state index in [2.05, 4.69) is 6.58 Å². The van der Waals surface area contributed by atoms with Crippen molar-refractivity contribution >= 4 is 5.97 Å². The highest BCUT2D eigenvalue weighted by molar-refractivity contribution is 5.70. The summed E-state index contributed by atoms with van der Waals surface area (Å²) in [6.07, 6.45) is 5.63. The fourth-order valence-corrected chi connectivity index (χ4v) is 1.34. The quantitative estimate of drug-likeness (QED) is 0.458. The first-order chi connectivity index (χ1) is 5.33. The molecule has 1 aliphatic heterocycles. The highest BCUT2D eigenvalue weighted by Gasteiger charge is 2.19. The topological polar surface area (TPSA) is 26.3 Å². The third-order valence-corrected chi connectivity index (χ3v) is 2.02. The van der Waals surface area contributed by atoms with Crippen LogP contribution in [0.25, 0.3) is 0 Å². The zero-order valence-electron chi connectivity index (χ0n) is 6.71. The summed E-state index contributed by atoms with van der Waals surface area (Å²) in [6, 6.07) is 0. The SMILES string of the molecule is C=CCC[C@H]1CCOC(=O)C1. The number of ether oxygens (including phenoxy) is 1. The first-order valence-corrected chi connectivity index (χ1v) is 4.09. The number of carbonyl (C=O) groups excluding carboxylic acids is 1. The molecule has 2 heteroatoms. The molecule has 0 bridgehead atoms. The molecule has 11 heavy (non-hydrogen) atoms. The molecule has 0 aromatic rings. The second-order valence-electron chi connectivity index (χ2n) is 2.95. The Labute approximate surface area is 67.2 Å².